The van der Waals surface area contributed by atoms with Gasteiger partial charge in [0.05, 0.1) is 12.7 Å². The number of benzene rings is 3. The van der Waals surface area contributed by atoms with E-state index in [0.717, 1.165) is 41.2 Å². The minimum atomic E-state index is -0.0808. The van der Waals surface area contributed by atoms with Gasteiger partial charge in [0, 0.05) is 24.2 Å². The fraction of sp³-hybridized carbons (Fsp3) is 0.250. The SMILES string of the molecule is CCc1ccc(/C=C2\Oc3c(cc4c(c3C)OCN(Cc3ccc(OC)cc3)C4)C2=O)cc1. The molecule has 0 radical (unpaired) electrons. The predicted octanol–water partition coefficient (Wildman–Crippen LogP) is 5.53. The van der Waals surface area contributed by atoms with Crippen LogP contribution >= 0.6 is 0 Å². The first-order chi connectivity index (χ1) is 16.1. The van der Waals surface area contributed by atoms with E-state index in [9.17, 15) is 4.79 Å². The molecule has 0 spiro atoms. The summed E-state index contributed by atoms with van der Waals surface area (Å²) in [5.41, 5.74) is 5.89. The molecule has 0 unspecified atom stereocenters. The second-order valence-corrected chi connectivity index (χ2v) is 8.51. The van der Waals surface area contributed by atoms with E-state index >= 15 is 0 Å². The smallest absolute Gasteiger partial charge is 0.231 e. The maximum Gasteiger partial charge on any atom is 0.231 e. The number of hydrogen-bond acceptors (Lipinski definition) is 5. The lowest BCUT2D eigenvalue weighted by Gasteiger charge is -2.30. The quantitative estimate of drug-likeness (QED) is 0.487. The van der Waals surface area contributed by atoms with Crippen molar-refractivity contribution >= 4 is 11.9 Å². The lowest BCUT2D eigenvalue weighted by atomic mass is 9.99. The average Bonchev–Trinajstić information content (AvgIpc) is 3.15. The molecule has 0 atom stereocenters. The Balaban J connectivity index is 1.37. The van der Waals surface area contributed by atoms with Crippen LogP contribution in [0.15, 0.2) is 60.4 Å². The highest BCUT2D eigenvalue weighted by Crippen LogP contribution is 2.43. The molecule has 0 aromatic heterocycles. The summed E-state index contributed by atoms with van der Waals surface area (Å²) < 4.78 is 17.4. The summed E-state index contributed by atoms with van der Waals surface area (Å²) in [6, 6.07) is 18.2. The van der Waals surface area contributed by atoms with Gasteiger partial charge < -0.3 is 14.2 Å². The van der Waals surface area contributed by atoms with E-state index in [1.54, 1.807) is 7.11 Å². The summed E-state index contributed by atoms with van der Waals surface area (Å²) in [5, 5.41) is 0. The van der Waals surface area contributed by atoms with Crippen molar-refractivity contribution in [3.05, 3.63) is 93.7 Å². The minimum Gasteiger partial charge on any atom is -0.497 e. The first-order valence-corrected chi connectivity index (χ1v) is 11.2. The lowest BCUT2D eigenvalue weighted by molar-refractivity contribution is 0.0876. The van der Waals surface area contributed by atoms with Crippen LogP contribution in [-0.4, -0.2) is 24.5 Å². The van der Waals surface area contributed by atoms with Crippen LogP contribution in [-0.2, 0) is 19.5 Å². The van der Waals surface area contributed by atoms with Gasteiger partial charge in [-0.3, -0.25) is 9.69 Å². The molecule has 3 aromatic carbocycles. The van der Waals surface area contributed by atoms with Crippen molar-refractivity contribution in [1.82, 2.24) is 4.90 Å². The number of allylic oxidation sites excluding steroid dienone is 1. The molecule has 0 N–H and O–H groups in total. The number of ketones is 1. The van der Waals surface area contributed by atoms with Gasteiger partial charge in [-0.1, -0.05) is 43.3 Å². The third kappa shape index (κ3) is 4.12. The Hall–Kier alpha value is -3.57. The molecule has 168 valence electrons. The van der Waals surface area contributed by atoms with Gasteiger partial charge in [0.15, 0.2) is 5.76 Å². The maximum atomic E-state index is 13.1. The van der Waals surface area contributed by atoms with Crippen molar-refractivity contribution in [1.29, 1.82) is 0 Å². The average molecular weight is 442 g/mol. The number of fused-ring (bicyclic) bond motifs is 2. The maximum absolute atomic E-state index is 13.1. The number of Topliss-reactive ketones (excluding diaryl/α,β-unsaturated/α-hetero) is 1. The summed E-state index contributed by atoms with van der Waals surface area (Å²) >= 11 is 0. The van der Waals surface area contributed by atoms with Gasteiger partial charge in [0.25, 0.3) is 0 Å². The van der Waals surface area contributed by atoms with Crippen LogP contribution in [0.5, 0.6) is 17.2 Å². The molecule has 3 aromatic rings. The van der Waals surface area contributed by atoms with Crippen LogP contribution in [0.1, 0.15) is 45.1 Å². The van der Waals surface area contributed by atoms with Gasteiger partial charge in [-0.15, -0.1) is 0 Å². The van der Waals surface area contributed by atoms with E-state index in [2.05, 4.69) is 36.1 Å². The van der Waals surface area contributed by atoms with Crippen LogP contribution in [0, 0.1) is 6.92 Å². The highest BCUT2D eigenvalue weighted by molar-refractivity contribution is 6.15. The summed E-state index contributed by atoms with van der Waals surface area (Å²) in [5.74, 6) is 2.55. The van der Waals surface area contributed by atoms with Crippen LogP contribution in [0.2, 0.25) is 0 Å². The van der Waals surface area contributed by atoms with E-state index in [1.165, 1.54) is 11.1 Å². The number of carbonyl (C=O) groups excluding carboxylic acids is 1. The zero-order valence-corrected chi connectivity index (χ0v) is 19.2. The van der Waals surface area contributed by atoms with Gasteiger partial charge in [-0.2, -0.15) is 0 Å². The Kier molecular flexibility index (Phi) is 5.65. The molecule has 0 amide bonds. The largest absolute Gasteiger partial charge is 0.497 e. The van der Waals surface area contributed by atoms with Gasteiger partial charge in [-0.25, -0.2) is 0 Å². The highest BCUT2D eigenvalue weighted by atomic mass is 16.5. The number of methoxy groups -OCH3 is 1. The first-order valence-electron chi connectivity index (χ1n) is 11.2. The van der Waals surface area contributed by atoms with Crippen molar-refractivity contribution in [3.8, 4) is 17.2 Å². The fourth-order valence-electron chi connectivity index (χ4n) is 4.39. The Morgan fingerprint density at radius 2 is 1.76 bits per heavy atom. The molecule has 2 aliphatic heterocycles. The summed E-state index contributed by atoms with van der Waals surface area (Å²) in [6.45, 7) is 6.03. The van der Waals surface area contributed by atoms with Gasteiger partial charge in [0.2, 0.25) is 5.78 Å². The van der Waals surface area contributed by atoms with E-state index in [4.69, 9.17) is 14.2 Å². The molecular weight excluding hydrogens is 414 g/mol. The molecule has 0 saturated carbocycles. The van der Waals surface area contributed by atoms with E-state index in [0.29, 0.717) is 30.3 Å². The van der Waals surface area contributed by atoms with Crippen molar-refractivity contribution in [2.24, 2.45) is 0 Å². The monoisotopic (exact) mass is 441 g/mol. The fourth-order valence-corrected chi connectivity index (χ4v) is 4.39. The third-order valence-electron chi connectivity index (χ3n) is 6.25. The summed E-state index contributed by atoms with van der Waals surface area (Å²) in [7, 11) is 1.67. The van der Waals surface area contributed by atoms with Gasteiger partial charge >= 0.3 is 0 Å². The topological polar surface area (TPSA) is 48.0 Å². The first kappa shape index (κ1) is 21.3. The molecule has 5 nitrogen and oxygen atoms in total. The molecule has 0 fully saturated rings. The normalized spacial score (nSPS) is 16.2. The van der Waals surface area contributed by atoms with Crippen molar-refractivity contribution in [2.45, 2.75) is 33.4 Å². The number of ether oxygens (including phenoxy) is 3. The minimum absolute atomic E-state index is 0.0808. The molecule has 33 heavy (non-hydrogen) atoms. The molecule has 5 heteroatoms. The Morgan fingerprint density at radius 1 is 1.03 bits per heavy atom. The van der Waals surface area contributed by atoms with Crippen LogP contribution in [0.4, 0.5) is 0 Å². The zero-order chi connectivity index (χ0) is 22.9. The summed E-state index contributed by atoms with van der Waals surface area (Å²) in [4.78, 5) is 15.3. The standard InChI is InChI=1S/C28H27NO4/c1-4-19-5-7-20(8-6-19)13-25-26(30)24-14-22-16-29(15-21-9-11-23(31-3)12-10-21)17-32-27(22)18(2)28(24)33-25/h5-14H,4,15-17H2,1-3H3/b25-13-. The number of carbonyl (C=O) groups is 1. The predicted molar refractivity (Wildman–Crippen MR) is 128 cm³/mol. The Morgan fingerprint density at radius 3 is 2.45 bits per heavy atom. The van der Waals surface area contributed by atoms with Crippen LogP contribution in [0.3, 0.4) is 0 Å². The number of rotatable bonds is 5. The molecular formula is C28H27NO4. The number of hydrogen-bond donors (Lipinski definition) is 0. The van der Waals surface area contributed by atoms with E-state index < -0.39 is 0 Å². The Bertz CT molecular complexity index is 1230. The van der Waals surface area contributed by atoms with Crippen LogP contribution in [0.25, 0.3) is 6.08 Å². The Labute approximate surface area is 194 Å². The molecule has 0 bridgehead atoms. The second kappa shape index (κ2) is 8.75. The molecule has 0 saturated heterocycles. The van der Waals surface area contributed by atoms with Crippen molar-refractivity contribution in [3.63, 3.8) is 0 Å². The molecule has 0 aliphatic carbocycles. The number of aryl methyl sites for hydroxylation is 1. The lowest BCUT2D eigenvalue weighted by Crippen LogP contribution is -2.32. The molecule has 5 rings (SSSR count). The molecule has 2 aliphatic rings. The second-order valence-electron chi connectivity index (χ2n) is 8.51. The van der Waals surface area contributed by atoms with Crippen molar-refractivity contribution in [2.75, 3.05) is 13.8 Å². The van der Waals surface area contributed by atoms with Crippen LogP contribution < -0.4 is 14.2 Å². The molecule has 2 heterocycles. The van der Waals surface area contributed by atoms with E-state index in [1.807, 2.05) is 43.3 Å². The zero-order valence-electron chi connectivity index (χ0n) is 19.2. The van der Waals surface area contributed by atoms with Crippen molar-refractivity contribution < 1.29 is 19.0 Å². The summed E-state index contributed by atoms with van der Waals surface area (Å²) in [6.07, 6.45) is 2.80. The van der Waals surface area contributed by atoms with E-state index in [-0.39, 0.29) is 5.78 Å². The number of nitrogens with zero attached hydrogens (tertiary/aromatic N) is 1. The van der Waals surface area contributed by atoms with Gasteiger partial charge in [0.1, 0.15) is 24.0 Å². The highest BCUT2D eigenvalue weighted by Gasteiger charge is 2.33. The third-order valence-corrected chi connectivity index (χ3v) is 6.25. The van der Waals surface area contributed by atoms with Gasteiger partial charge in [-0.05, 0) is 54.3 Å².